The standard InChI is InChI=1S/C8H17N.H2/c1-2-9-8-6-4-3-5-7-8;/h8-9H,2-7H2,1H3;1H. The number of nitrogens with one attached hydrogen (secondary N) is 1. The molecule has 0 aliphatic heterocycles. The molecule has 0 heterocycles. The maximum absolute atomic E-state index is 3.48. The van der Waals surface area contributed by atoms with Crippen LogP contribution in [0.15, 0.2) is 0 Å². The Hall–Kier alpha value is -0.0400. The molecule has 1 rings (SSSR count). The third kappa shape index (κ3) is 2.35. The van der Waals surface area contributed by atoms with Crippen molar-refractivity contribution in [1.82, 2.24) is 5.32 Å². The first-order chi connectivity index (χ1) is 4.43. The van der Waals surface area contributed by atoms with Crippen molar-refractivity contribution in [1.29, 1.82) is 0 Å². The largest absolute Gasteiger partial charge is 0.314 e. The Bertz CT molecular complexity index is 66.9. The van der Waals surface area contributed by atoms with E-state index in [-0.39, 0.29) is 1.43 Å². The Morgan fingerprint density at radius 2 is 2.00 bits per heavy atom. The lowest BCUT2D eigenvalue weighted by atomic mass is 9.96. The fourth-order valence-corrected chi connectivity index (χ4v) is 1.60. The van der Waals surface area contributed by atoms with Gasteiger partial charge in [0.25, 0.3) is 0 Å². The topological polar surface area (TPSA) is 12.0 Å². The first-order valence-corrected chi connectivity index (χ1v) is 4.17. The summed E-state index contributed by atoms with van der Waals surface area (Å²) in [6, 6.07) is 0.851. The minimum atomic E-state index is 0. The molecule has 1 N–H and O–H groups in total. The number of hydrogen-bond donors (Lipinski definition) is 1. The van der Waals surface area contributed by atoms with Crippen LogP contribution in [0.2, 0.25) is 0 Å². The van der Waals surface area contributed by atoms with E-state index in [9.17, 15) is 0 Å². The van der Waals surface area contributed by atoms with E-state index in [2.05, 4.69) is 12.2 Å². The van der Waals surface area contributed by atoms with Gasteiger partial charge in [-0.05, 0) is 19.4 Å². The van der Waals surface area contributed by atoms with Gasteiger partial charge < -0.3 is 5.32 Å². The zero-order valence-corrected chi connectivity index (χ0v) is 6.32. The predicted octanol–water partition coefficient (Wildman–Crippen LogP) is 2.17. The summed E-state index contributed by atoms with van der Waals surface area (Å²) in [5.74, 6) is 0. The highest BCUT2D eigenvalue weighted by molar-refractivity contribution is 4.70. The zero-order chi connectivity index (χ0) is 6.53. The van der Waals surface area contributed by atoms with Gasteiger partial charge in [-0.1, -0.05) is 26.2 Å². The van der Waals surface area contributed by atoms with Crippen molar-refractivity contribution in [2.75, 3.05) is 6.54 Å². The van der Waals surface area contributed by atoms with Crippen LogP contribution in [0.5, 0.6) is 0 Å². The molecule has 0 aromatic heterocycles. The minimum absolute atomic E-state index is 0. The molecule has 1 nitrogen and oxygen atoms in total. The van der Waals surface area contributed by atoms with E-state index in [1.807, 2.05) is 0 Å². The van der Waals surface area contributed by atoms with Crippen molar-refractivity contribution in [3.05, 3.63) is 0 Å². The van der Waals surface area contributed by atoms with Gasteiger partial charge in [0.1, 0.15) is 0 Å². The summed E-state index contributed by atoms with van der Waals surface area (Å²) in [5.41, 5.74) is 0. The van der Waals surface area contributed by atoms with Crippen LogP contribution in [-0.4, -0.2) is 12.6 Å². The highest BCUT2D eigenvalue weighted by Crippen LogP contribution is 2.16. The van der Waals surface area contributed by atoms with Crippen LogP contribution in [-0.2, 0) is 0 Å². The van der Waals surface area contributed by atoms with Crippen molar-refractivity contribution >= 4 is 0 Å². The van der Waals surface area contributed by atoms with Crippen LogP contribution in [0.3, 0.4) is 0 Å². The molecule has 0 radical (unpaired) electrons. The van der Waals surface area contributed by atoms with Crippen LogP contribution >= 0.6 is 0 Å². The monoisotopic (exact) mass is 129 g/mol. The Balaban J connectivity index is 0.000000810. The van der Waals surface area contributed by atoms with Crippen molar-refractivity contribution < 1.29 is 1.43 Å². The highest BCUT2D eigenvalue weighted by Gasteiger charge is 2.10. The molecule has 0 atom stereocenters. The smallest absolute Gasteiger partial charge is 0.00669 e. The van der Waals surface area contributed by atoms with Crippen LogP contribution in [0.4, 0.5) is 0 Å². The molecule has 0 unspecified atom stereocenters. The minimum Gasteiger partial charge on any atom is -0.314 e. The molecule has 0 amide bonds. The second kappa shape index (κ2) is 3.89. The van der Waals surface area contributed by atoms with Crippen molar-refractivity contribution in [3.63, 3.8) is 0 Å². The summed E-state index contributed by atoms with van der Waals surface area (Å²) in [7, 11) is 0. The first-order valence-electron chi connectivity index (χ1n) is 4.17. The third-order valence-corrected chi connectivity index (χ3v) is 2.10. The summed E-state index contributed by atoms with van der Waals surface area (Å²) in [4.78, 5) is 0. The maximum Gasteiger partial charge on any atom is 0.00669 e. The lowest BCUT2D eigenvalue weighted by Crippen LogP contribution is -2.30. The fraction of sp³-hybridized carbons (Fsp3) is 1.00. The van der Waals surface area contributed by atoms with E-state index >= 15 is 0 Å². The van der Waals surface area contributed by atoms with Gasteiger partial charge in [0, 0.05) is 7.47 Å². The molecule has 1 fully saturated rings. The van der Waals surface area contributed by atoms with Gasteiger partial charge in [0.2, 0.25) is 0 Å². The second-order valence-corrected chi connectivity index (χ2v) is 2.89. The van der Waals surface area contributed by atoms with Crippen molar-refractivity contribution in [2.45, 2.75) is 45.1 Å². The Kier molecular flexibility index (Phi) is 3.05. The first kappa shape index (κ1) is 7.07. The molecule has 0 aromatic carbocycles. The van der Waals surface area contributed by atoms with Gasteiger partial charge in [0.05, 0.1) is 0 Å². The summed E-state index contributed by atoms with van der Waals surface area (Å²) in [6.45, 7) is 3.33. The third-order valence-electron chi connectivity index (χ3n) is 2.10. The van der Waals surface area contributed by atoms with E-state index in [4.69, 9.17) is 0 Å². The average Bonchev–Trinajstić information content (AvgIpc) is 1.91. The fourth-order valence-electron chi connectivity index (χ4n) is 1.60. The lowest BCUT2D eigenvalue weighted by Gasteiger charge is -2.21. The van der Waals surface area contributed by atoms with Crippen molar-refractivity contribution in [3.8, 4) is 0 Å². The van der Waals surface area contributed by atoms with E-state index in [0.717, 1.165) is 12.6 Å². The van der Waals surface area contributed by atoms with E-state index < -0.39 is 0 Å². The van der Waals surface area contributed by atoms with E-state index in [1.165, 1.54) is 32.1 Å². The molecule has 0 bridgehead atoms. The summed E-state index contributed by atoms with van der Waals surface area (Å²) < 4.78 is 0. The molecule has 1 aliphatic rings. The summed E-state index contributed by atoms with van der Waals surface area (Å²) >= 11 is 0. The second-order valence-electron chi connectivity index (χ2n) is 2.89. The molecule has 0 spiro atoms. The molecule has 1 aliphatic carbocycles. The molecular weight excluding hydrogens is 110 g/mol. The Morgan fingerprint density at radius 3 is 2.56 bits per heavy atom. The predicted molar refractivity (Wildman–Crippen MR) is 42.7 cm³/mol. The Morgan fingerprint density at radius 1 is 1.33 bits per heavy atom. The van der Waals surface area contributed by atoms with Crippen LogP contribution < -0.4 is 5.32 Å². The normalized spacial score (nSPS) is 22.3. The highest BCUT2D eigenvalue weighted by atomic mass is 14.9. The molecular formula is C8H19N. The van der Waals surface area contributed by atoms with Gasteiger partial charge in [-0.2, -0.15) is 0 Å². The molecule has 1 heteroatoms. The van der Waals surface area contributed by atoms with Gasteiger partial charge >= 0.3 is 0 Å². The molecule has 56 valence electrons. The number of hydrogen-bond acceptors (Lipinski definition) is 1. The van der Waals surface area contributed by atoms with E-state index in [0.29, 0.717) is 0 Å². The van der Waals surface area contributed by atoms with Crippen LogP contribution in [0.1, 0.15) is 40.5 Å². The SMILES string of the molecule is CCNC1CCCCC1.[HH]. The molecule has 1 saturated carbocycles. The quantitative estimate of drug-likeness (QED) is 0.602. The maximum atomic E-state index is 3.48. The molecule has 0 aromatic rings. The van der Waals surface area contributed by atoms with Crippen molar-refractivity contribution in [2.24, 2.45) is 0 Å². The number of rotatable bonds is 2. The summed E-state index contributed by atoms with van der Waals surface area (Å²) in [5, 5.41) is 3.48. The van der Waals surface area contributed by atoms with Crippen LogP contribution in [0, 0.1) is 0 Å². The van der Waals surface area contributed by atoms with Gasteiger partial charge in [-0.15, -0.1) is 0 Å². The van der Waals surface area contributed by atoms with E-state index in [1.54, 1.807) is 0 Å². The van der Waals surface area contributed by atoms with Gasteiger partial charge in [0.15, 0.2) is 0 Å². The lowest BCUT2D eigenvalue weighted by molar-refractivity contribution is 0.380. The molecule has 9 heavy (non-hydrogen) atoms. The average molecular weight is 129 g/mol. The summed E-state index contributed by atoms with van der Waals surface area (Å²) in [6.07, 6.45) is 7.17. The Labute approximate surface area is 59.3 Å². The molecule has 0 saturated heterocycles. The zero-order valence-electron chi connectivity index (χ0n) is 6.32. The van der Waals surface area contributed by atoms with Crippen LogP contribution in [0.25, 0.3) is 0 Å². The van der Waals surface area contributed by atoms with Gasteiger partial charge in [-0.3, -0.25) is 0 Å². The van der Waals surface area contributed by atoms with Gasteiger partial charge in [-0.25, -0.2) is 0 Å².